The number of rotatable bonds is 5. The Morgan fingerprint density at radius 1 is 1.57 bits per heavy atom. The van der Waals surface area contributed by atoms with E-state index in [2.05, 4.69) is 0 Å². The molecular weight excluding hydrogens is 218 g/mol. The van der Waals surface area contributed by atoms with E-state index in [1.807, 2.05) is 0 Å². The lowest BCUT2D eigenvalue weighted by molar-refractivity contribution is -0.000462. The second-order valence-electron chi connectivity index (χ2n) is 2.57. The first kappa shape index (κ1) is 13.2. The SMILES string of the molecule is CC(C#N)S(=O)(=O)NCC(O)C(F)F. The third-order valence-corrected chi connectivity index (χ3v) is 3.04. The van der Waals surface area contributed by atoms with Gasteiger partial charge >= 0.3 is 0 Å². The first-order chi connectivity index (χ1) is 6.31. The van der Waals surface area contributed by atoms with Crippen LogP contribution in [0.1, 0.15) is 6.92 Å². The molecule has 2 atom stereocenters. The van der Waals surface area contributed by atoms with Gasteiger partial charge in [-0.05, 0) is 6.92 Å². The summed E-state index contributed by atoms with van der Waals surface area (Å²) >= 11 is 0. The Morgan fingerprint density at radius 3 is 2.43 bits per heavy atom. The first-order valence-electron chi connectivity index (χ1n) is 3.65. The molecule has 0 spiro atoms. The summed E-state index contributed by atoms with van der Waals surface area (Å²) in [7, 11) is -3.94. The summed E-state index contributed by atoms with van der Waals surface area (Å²) in [5.74, 6) is 0. The van der Waals surface area contributed by atoms with Crippen LogP contribution in [0.3, 0.4) is 0 Å². The highest BCUT2D eigenvalue weighted by Crippen LogP contribution is 2.01. The van der Waals surface area contributed by atoms with Gasteiger partial charge in [-0.1, -0.05) is 0 Å². The fourth-order valence-electron chi connectivity index (χ4n) is 0.485. The van der Waals surface area contributed by atoms with Gasteiger partial charge in [0.2, 0.25) is 10.0 Å². The van der Waals surface area contributed by atoms with Gasteiger partial charge in [-0.25, -0.2) is 21.9 Å². The van der Waals surface area contributed by atoms with Crippen molar-refractivity contribution in [2.75, 3.05) is 6.54 Å². The summed E-state index contributed by atoms with van der Waals surface area (Å²) in [5, 5.41) is 15.5. The smallest absolute Gasteiger partial charge is 0.265 e. The molecule has 0 rings (SSSR count). The van der Waals surface area contributed by atoms with Crippen molar-refractivity contribution >= 4 is 10.0 Å². The molecule has 5 nitrogen and oxygen atoms in total. The largest absolute Gasteiger partial charge is 0.386 e. The van der Waals surface area contributed by atoms with Crippen LogP contribution in [0.25, 0.3) is 0 Å². The van der Waals surface area contributed by atoms with E-state index < -0.39 is 34.3 Å². The van der Waals surface area contributed by atoms with Crippen LogP contribution in [0.5, 0.6) is 0 Å². The lowest BCUT2D eigenvalue weighted by Gasteiger charge is -2.11. The monoisotopic (exact) mass is 228 g/mol. The summed E-state index contributed by atoms with van der Waals surface area (Å²) in [6.45, 7) is 0.309. The van der Waals surface area contributed by atoms with Crippen molar-refractivity contribution in [1.82, 2.24) is 4.72 Å². The second kappa shape index (κ2) is 5.19. The van der Waals surface area contributed by atoms with Gasteiger partial charge in [0.25, 0.3) is 6.43 Å². The highest BCUT2D eigenvalue weighted by molar-refractivity contribution is 7.90. The van der Waals surface area contributed by atoms with E-state index in [1.54, 1.807) is 4.72 Å². The summed E-state index contributed by atoms with van der Waals surface area (Å²) in [6.07, 6.45) is -5.08. The number of hydrogen-bond acceptors (Lipinski definition) is 4. The molecule has 0 radical (unpaired) electrons. The van der Waals surface area contributed by atoms with Gasteiger partial charge in [0, 0.05) is 6.54 Å². The molecule has 82 valence electrons. The number of nitrogens with one attached hydrogen (secondary N) is 1. The molecule has 0 aliphatic carbocycles. The molecule has 0 aromatic carbocycles. The summed E-state index contributed by atoms with van der Waals surface area (Å²) < 4.78 is 47.2. The van der Waals surface area contributed by atoms with Crippen LogP contribution in [-0.4, -0.2) is 37.8 Å². The third kappa shape index (κ3) is 3.95. The number of nitriles is 1. The number of halogens is 2. The maximum absolute atomic E-state index is 11.7. The minimum atomic E-state index is -3.94. The van der Waals surface area contributed by atoms with E-state index in [0.29, 0.717) is 0 Å². The number of sulfonamides is 1. The van der Waals surface area contributed by atoms with E-state index in [0.717, 1.165) is 6.92 Å². The lowest BCUT2D eigenvalue weighted by Crippen LogP contribution is -2.39. The van der Waals surface area contributed by atoms with Gasteiger partial charge in [-0.15, -0.1) is 0 Å². The Morgan fingerprint density at radius 2 is 2.07 bits per heavy atom. The predicted molar refractivity (Wildman–Crippen MR) is 44.0 cm³/mol. The average Bonchev–Trinajstić information content (AvgIpc) is 2.12. The number of aliphatic hydroxyl groups excluding tert-OH is 1. The van der Waals surface area contributed by atoms with Gasteiger partial charge < -0.3 is 5.11 Å². The Bertz CT molecular complexity index is 312. The van der Waals surface area contributed by atoms with Crippen molar-refractivity contribution in [2.24, 2.45) is 0 Å². The molecule has 0 aliphatic heterocycles. The first-order valence-corrected chi connectivity index (χ1v) is 5.20. The van der Waals surface area contributed by atoms with Crippen LogP contribution in [0.15, 0.2) is 0 Å². The number of aliphatic hydroxyl groups is 1. The van der Waals surface area contributed by atoms with Crippen molar-refractivity contribution in [2.45, 2.75) is 24.7 Å². The van der Waals surface area contributed by atoms with Gasteiger partial charge in [0.1, 0.15) is 6.10 Å². The van der Waals surface area contributed by atoms with Crippen molar-refractivity contribution in [3.63, 3.8) is 0 Å². The highest BCUT2D eigenvalue weighted by atomic mass is 32.2. The molecule has 0 saturated carbocycles. The minimum Gasteiger partial charge on any atom is -0.386 e. The van der Waals surface area contributed by atoms with Gasteiger partial charge in [-0.3, -0.25) is 0 Å². The summed E-state index contributed by atoms with van der Waals surface area (Å²) in [5.41, 5.74) is 0. The average molecular weight is 228 g/mol. The van der Waals surface area contributed by atoms with E-state index in [-0.39, 0.29) is 0 Å². The Labute approximate surface area is 80.4 Å². The van der Waals surface area contributed by atoms with Gasteiger partial charge in [-0.2, -0.15) is 5.26 Å². The molecule has 2 N–H and O–H groups in total. The van der Waals surface area contributed by atoms with Crippen LogP contribution in [-0.2, 0) is 10.0 Å². The molecule has 8 heteroatoms. The van der Waals surface area contributed by atoms with E-state index in [4.69, 9.17) is 10.4 Å². The van der Waals surface area contributed by atoms with E-state index >= 15 is 0 Å². The highest BCUT2D eigenvalue weighted by Gasteiger charge is 2.23. The zero-order chi connectivity index (χ0) is 11.4. The molecule has 0 aromatic heterocycles. The molecule has 0 bridgehead atoms. The van der Waals surface area contributed by atoms with Crippen molar-refractivity contribution in [3.05, 3.63) is 0 Å². The Balaban J connectivity index is 4.22. The van der Waals surface area contributed by atoms with Crippen LogP contribution < -0.4 is 4.72 Å². The van der Waals surface area contributed by atoms with Crippen LogP contribution >= 0.6 is 0 Å². The zero-order valence-corrected chi connectivity index (χ0v) is 8.13. The van der Waals surface area contributed by atoms with Crippen LogP contribution in [0.4, 0.5) is 8.78 Å². The molecule has 0 saturated heterocycles. The molecule has 0 heterocycles. The van der Waals surface area contributed by atoms with Crippen LogP contribution in [0.2, 0.25) is 0 Å². The van der Waals surface area contributed by atoms with Crippen molar-refractivity contribution in [1.29, 1.82) is 5.26 Å². The molecule has 0 fully saturated rings. The molecule has 14 heavy (non-hydrogen) atoms. The quantitative estimate of drug-likeness (QED) is 0.660. The topological polar surface area (TPSA) is 90.2 Å². The molecule has 2 unspecified atom stereocenters. The molecule has 0 aromatic rings. The minimum absolute atomic E-state index is 0.800. The molecular formula is C6H10F2N2O3S. The standard InChI is InChI=1S/C6H10F2N2O3S/c1-4(2-9)14(12,13)10-3-5(11)6(7)8/h4-6,10-11H,3H2,1H3. The predicted octanol–water partition coefficient (Wildman–Crippen LogP) is -0.556. The normalized spacial score (nSPS) is 16.3. The van der Waals surface area contributed by atoms with Gasteiger partial charge in [0.05, 0.1) is 6.07 Å². The second-order valence-corrected chi connectivity index (χ2v) is 4.65. The zero-order valence-electron chi connectivity index (χ0n) is 7.31. The fraction of sp³-hybridized carbons (Fsp3) is 0.833. The lowest BCUT2D eigenvalue weighted by atomic mass is 10.4. The summed E-state index contributed by atoms with van der Waals surface area (Å²) in [4.78, 5) is 0. The number of hydrogen-bond donors (Lipinski definition) is 2. The van der Waals surface area contributed by atoms with E-state index in [9.17, 15) is 17.2 Å². The van der Waals surface area contributed by atoms with E-state index in [1.165, 1.54) is 6.07 Å². The van der Waals surface area contributed by atoms with Crippen molar-refractivity contribution < 1.29 is 22.3 Å². The summed E-state index contributed by atoms with van der Waals surface area (Å²) in [6, 6.07) is 1.44. The number of nitrogens with zero attached hydrogens (tertiary/aromatic N) is 1. The number of alkyl halides is 2. The molecule has 0 aliphatic rings. The van der Waals surface area contributed by atoms with Crippen LogP contribution in [0, 0.1) is 11.3 Å². The maximum atomic E-state index is 11.7. The Hall–Kier alpha value is -0.780. The fourth-order valence-corrected chi connectivity index (χ4v) is 1.28. The molecule has 0 amide bonds. The maximum Gasteiger partial charge on any atom is 0.265 e. The van der Waals surface area contributed by atoms with Crippen molar-refractivity contribution in [3.8, 4) is 6.07 Å². The van der Waals surface area contributed by atoms with Gasteiger partial charge in [0.15, 0.2) is 5.25 Å². The third-order valence-electron chi connectivity index (χ3n) is 1.43. The Kier molecular flexibility index (Phi) is 4.90.